The molecule has 0 atom stereocenters. The first-order valence-electron chi connectivity index (χ1n) is 5.38. The van der Waals surface area contributed by atoms with Crippen LogP contribution in [-0.2, 0) is 6.42 Å². The Morgan fingerprint density at radius 3 is 2.67 bits per heavy atom. The summed E-state index contributed by atoms with van der Waals surface area (Å²) in [6.45, 7) is 3.98. The van der Waals surface area contributed by atoms with E-state index in [0.717, 1.165) is 32.0 Å². The van der Waals surface area contributed by atoms with Gasteiger partial charge in [0.05, 0.1) is 0 Å². The van der Waals surface area contributed by atoms with Crippen molar-refractivity contribution in [3.05, 3.63) is 35.4 Å². The summed E-state index contributed by atoms with van der Waals surface area (Å²) in [6.07, 6.45) is 2.64. The van der Waals surface area contributed by atoms with Crippen molar-refractivity contribution in [1.82, 2.24) is 5.32 Å². The highest BCUT2D eigenvalue weighted by Gasteiger charge is 2.02. The molecule has 1 aromatic carbocycles. The molecule has 0 unspecified atom stereocenters. The summed E-state index contributed by atoms with van der Waals surface area (Å²) < 4.78 is 25.7. The SMILES string of the molecule is CCCNCCCc1ccc(F)cc1F. The predicted octanol–water partition coefficient (Wildman–Crippen LogP) is 2.90. The van der Waals surface area contributed by atoms with Crippen molar-refractivity contribution in [2.45, 2.75) is 26.2 Å². The third kappa shape index (κ3) is 4.38. The number of hydrogen-bond acceptors (Lipinski definition) is 1. The average molecular weight is 213 g/mol. The lowest BCUT2D eigenvalue weighted by atomic mass is 10.1. The van der Waals surface area contributed by atoms with Gasteiger partial charge >= 0.3 is 0 Å². The first-order chi connectivity index (χ1) is 7.24. The van der Waals surface area contributed by atoms with E-state index in [4.69, 9.17) is 0 Å². The molecule has 0 aliphatic rings. The molecule has 1 aromatic rings. The molecule has 1 nitrogen and oxygen atoms in total. The maximum absolute atomic E-state index is 13.2. The van der Waals surface area contributed by atoms with Crippen molar-refractivity contribution in [2.75, 3.05) is 13.1 Å². The standard InChI is InChI=1S/C12H17F2N/c1-2-7-15-8-3-4-10-5-6-11(13)9-12(10)14/h5-6,9,15H,2-4,7-8H2,1H3. The maximum Gasteiger partial charge on any atom is 0.129 e. The van der Waals surface area contributed by atoms with Crippen molar-refractivity contribution in [2.24, 2.45) is 0 Å². The number of halogens is 2. The second-order valence-corrected chi connectivity index (χ2v) is 3.59. The third-order valence-corrected chi connectivity index (χ3v) is 2.24. The molecular weight excluding hydrogens is 196 g/mol. The molecule has 0 aliphatic carbocycles. The van der Waals surface area contributed by atoms with Gasteiger partial charge in [-0.2, -0.15) is 0 Å². The van der Waals surface area contributed by atoms with Gasteiger partial charge in [0.25, 0.3) is 0 Å². The molecule has 0 saturated carbocycles. The monoisotopic (exact) mass is 213 g/mol. The molecule has 0 radical (unpaired) electrons. The Hall–Kier alpha value is -0.960. The van der Waals surface area contributed by atoms with Crippen molar-refractivity contribution < 1.29 is 8.78 Å². The van der Waals surface area contributed by atoms with Crippen molar-refractivity contribution in [3.8, 4) is 0 Å². The number of aryl methyl sites for hydroxylation is 1. The summed E-state index contributed by atoms with van der Waals surface area (Å²) in [4.78, 5) is 0. The Labute approximate surface area is 89.5 Å². The summed E-state index contributed by atoms with van der Waals surface area (Å²) >= 11 is 0. The average Bonchev–Trinajstić information content (AvgIpc) is 2.20. The molecule has 84 valence electrons. The van der Waals surface area contributed by atoms with Crippen molar-refractivity contribution in [3.63, 3.8) is 0 Å². The van der Waals surface area contributed by atoms with Crippen LogP contribution in [0, 0.1) is 11.6 Å². The fourth-order valence-corrected chi connectivity index (χ4v) is 1.43. The van der Waals surface area contributed by atoms with Gasteiger partial charge < -0.3 is 5.32 Å². The Morgan fingerprint density at radius 2 is 2.00 bits per heavy atom. The summed E-state index contributed by atoms with van der Waals surface area (Å²) in [7, 11) is 0. The molecule has 0 aliphatic heterocycles. The number of rotatable bonds is 6. The van der Waals surface area contributed by atoms with Gasteiger partial charge in [0.15, 0.2) is 0 Å². The summed E-state index contributed by atoms with van der Waals surface area (Å²) in [5, 5.41) is 3.24. The maximum atomic E-state index is 13.2. The van der Waals surface area contributed by atoms with Crippen molar-refractivity contribution >= 4 is 0 Å². The fourth-order valence-electron chi connectivity index (χ4n) is 1.43. The largest absolute Gasteiger partial charge is 0.317 e. The van der Waals surface area contributed by atoms with Crippen LogP contribution < -0.4 is 5.32 Å². The van der Waals surface area contributed by atoms with E-state index in [2.05, 4.69) is 12.2 Å². The van der Waals surface area contributed by atoms with E-state index in [1.165, 1.54) is 12.1 Å². The molecule has 3 heteroatoms. The lowest BCUT2D eigenvalue weighted by Crippen LogP contribution is -2.16. The molecule has 0 aromatic heterocycles. The van der Waals surface area contributed by atoms with Gasteiger partial charge in [0.1, 0.15) is 11.6 Å². The molecule has 15 heavy (non-hydrogen) atoms. The van der Waals surface area contributed by atoms with E-state index in [-0.39, 0.29) is 0 Å². The van der Waals surface area contributed by atoms with Crippen LogP contribution in [0.25, 0.3) is 0 Å². The first kappa shape index (κ1) is 12.1. The summed E-state index contributed by atoms with van der Waals surface area (Å²) in [6, 6.07) is 3.76. The van der Waals surface area contributed by atoms with Gasteiger partial charge in [-0.3, -0.25) is 0 Å². The normalized spacial score (nSPS) is 10.6. The molecule has 0 bridgehead atoms. The second kappa shape index (κ2) is 6.51. The Kier molecular flexibility index (Phi) is 5.26. The van der Waals surface area contributed by atoms with E-state index < -0.39 is 11.6 Å². The highest BCUT2D eigenvalue weighted by atomic mass is 19.1. The number of nitrogens with one attached hydrogen (secondary N) is 1. The second-order valence-electron chi connectivity index (χ2n) is 3.59. The van der Waals surface area contributed by atoms with Crippen LogP contribution >= 0.6 is 0 Å². The Balaban J connectivity index is 2.31. The highest BCUT2D eigenvalue weighted by Crippen LogP contribution is 2.11. The minimum Gasteiger partial charge on any atom is -0.317 e. The minimum atomic E-state index is -0.514. The van der Waals surface area contributed by atoms with Crippen LogP contribution in [0.4, 0.5) is 8.78 Å². The van der Waals surface area contributed by atoms with Gasteiger partial charge in [-0.05, 0) is 44.0 Å². The van der Waals surface area contributed by atoms with Crippen LogP contribution in [0.5, 0.6) is 0 Å². The highest BCUT2D eigenvalue weighted by molar-refractivity contribution is 5.18. The lowest BCUT2D eigenvalue weighted by molar-refractivity contribution is 0.564. The third-order valence-electron chi connectivity index (χ3n) is 2.24. The van der Waals surface area contributed by atoms with Gasteiger partial charge in [-0.25, -0.2) is 8.78 Å². The molecule has 1 N–H and O–H groups in total. The van der Waals surface area contributed by atoms with E-state index in [1.54, 1.807) is 0 Å². The van der Waals surface area contributed by atoms with Gasteiger partial charge in [0, 0.05) is 6.07 Å². The minimum absolute atomic E-state index is 0.439. The van der Waals surface area contributed by atoms with Crippen LogP contribution in [0.2, 0.25) is 0 Å². The van der Waals surface area contributed by atoms with Crippen LogP contribution in [0.3, 0.4) is 0 Å². The zero-order valence-electron chi connectivity index (χ0n) is 9.02. The van der Waals surface area contributed by atoms with Crippen LogP contribution in [0.1, 0.15) is 25.3 Å². The zero-order valence-corrected chi connectivity index (χ0v) is 9.02. The van der Waals surface area contributed by atoms with E-state index in [1.807, 2.05) is 0 Å². The zero-order chi connectivity index (χ0) is 11.1. The molecule has 1 rings (SSSR count). The van der Waals surface area contributed by atoms with E-state index in [9.17, 15) is 8.78 Å². The predicted molar refractivity (Wildman–Crippen MR) is 57.8 cm³/mol. The van der Waals surface area contributed by atoms with Crippen molar-refractivity contribution in [1.29, 1.82) is 0 Å². The first-order valence-corrected chi connectivity index (χ1v) is 5.38. The van der Waals surface area contributed by atoms with E-state index in [0.29, 0.717) is 12.0 Å². The lowest BCUT2D eigenvalue weighted by Gasteiger charge is -2.04. The summed E-state index contributed by atoms with van der Waals surface area (Å²) in [5.74, 6) is -0.953. The number of hydrogen-bond donors (Lipinski definition) is 1. The summed E-state index contributed by atoms with van der Waals surface area (Å²) in [5.41, 5.74) is 0.592. The van der Waals surface area contributed by atoms with Crippen LogP contribution in [-0.4, -0.2) is 13.1 Å². The smallest absolute Gasteiger partial charge is 0.129 e. The van der Waals surface area contributed by atoms with Gasteiger partial charge in [-0.15, -0.1) is 0 Å². The molecule has 0 heterocycles. The van der Waals surface area contributed by atoms with E-state index >= 15 is 0 Å². The molecule has 0 spiro atoms. The molecule has 0 saturated heterocycles. The Morgan fingerprint density at radius 1 is 1.20 bits per heavy atom. The van der Waals surface area contributed by atoms with Crippen LogP contribution in [0.15, 0.2) is 18.2 Å². The Bertz CT molecular complexity index is 300. The topological polar surface area (TPSA) is 12.0 Å². The molecule has 0 amide bonds. The number of benzene rings is 1. The molecular formula is C12H17F2N. The quantitative estimate of drug-likeness (QED) is 0.716. The molecule has 0 fully saturated rings. The van der Waals surface area contributed by atoms with Gasteiger partial charge in [-0.1, -0.05) is 13.0 Å². The van der Waals surface area contributed by atoms with Gasteiger partial charge in [0.2, 0.25) is 0 Å². The fraction of sp³-hybridized carbons (Fsp3) is 0.500.